The van der Waals surface area contributed by atoms with Gasteiger partial charge in [-0.25, -0.2) is 4.79 Å². The molecule has 1 aliphatic rings. The van der Waals surface area contributed by atoms with Crippen molar-refractivity contribution in [2.45, 2.75) is 32.5 Å². The fourth-order valence-corrected chi connectivity index (χ4v) is 2.44. The number of aromatic nitrogens is 3. The van der Waals surface area contributed by atoms with Crippen molar-refractivity contribution in [3.8, 4) is 0 Å². The average molecular weight is 300 g/mol. The van der Waals surface area contributed by atoms with E-state index < -0.39 is 12.1 Å². The van der Waals surface area contributed by atoms with Gasteiger partial charge in [0.1, 0.15) is 6.33 Å². The van der Waals surface area contributed by atoms with Crippen LogP contribution in [0.1, 0.15) is 28.7 Å². The van der Waals surface area contributed by atoms with E-state index in [1.165, 1.54) is 0 Å². The minimum atomic E-state index is -0.805. The Balaban J connectivity index is 1.65. The van der Waals surface area contributed by atoms with Crippen molar-refractivity contribution in [1.82, 2.24) is 20.1 Å². The number of hydrogen-bond acceptors (Lipinski definition) is 5. The average Bonchev–Trinajstić information content (AvgIpc) is 3.00. The number of nitrogens with zero attached hydrogens (tertiary/aromatic N) is 3. The summed E-state index contributed by atoms with van der Waals surface area (Å²) in [5, 5.41) is 10.5. The number of rotatable bonds is 4. The lowest BCUT2D eigenvalue weighted by atomic mass is 9.98. The number of fused-ring (bicyclic) bond motifs is 1. The monoisotopic (exact) mass is 300 g/mol. The van der Waals surface area contributed by atoms with Gasteiger partial charge in [-0.05, 0) is 18.6 Å². The van der Waals surface area contributed by atoms with Crippen LogP contribution in [-0.2, 0) is 29.0 Å². The summed E-state index contributed by atoms with van der Waals surface area (Å²) in [6.07, 6.45) is 1.19. The van der Waals surface area contributed by atoms with Crippen LogP contribution in [0.2, 0.25) is 0 Å². The van der Waals surface area contributed by atoms with E-state index in [4.69, 9.17) is 4.74 Å². The highest BCUT2D eigenvalue weighted by molar-refractivity contribution is 5.95. The predicted octanol–water partition coefficient (Wildman–Crippen LogP) is 0.696. The van der Waals surface area contributed by atoms with Crippen molar-refractivity contribution in [3.05, 3.63) is 47.5 Å². The molecule has 1 aliphatic heterocycles. The second-order valence-corrected chi connectivity index (χ2v) is 5.01. The number of carbonyl (C=O) groups excluding carboxylic acids is 2. The standard InChI is InChI=1S/C15H16N4O3/c1-2-19-9-17-18-13(19)8-16-14(20)12-7-10-5-3-4-6-11(10)15(21)22-12/h3-6,9,12H,2,7-8H2,1H3,(H,16,20)/t12-/m0/s1. The second kappa shape index (κ2) is 5.97. The van der Waals surface area contributed by atoms with Gasteiger partial charge in [0.25, 0.3) is 5.91 Å². The topological polar surface area (TPSA) is 86.1 Å². The Morgan fingerprint density at radius 1 is 1.45 bits per heavy atom. The number of aryl methyl sites for hydroxylation is 1. The molecule has 3 rings (SSSR count). The maximum atomic E-state index is 12.2. The van der Waals surface area contributed by atoms with Crippen molar-refractivity contribution in [3.63, 3.8) is 0 Å². The van der Waals surface area contributed by atoms with E-state index in [1.807, 2.05) is 23.6 Å². The molecule has 0 saturated carbocycles. The van der Waals surface area contributed by atoms with Gasteiger partial charge in [0.15, 0.2) is 11.9 Å². The lowest BCUT2D eigenvalue weighted by Crippen LogP contribution is -2.41. The first-order valence-corrected chi connectivity index (χ1v) is 7.12. The van der Waals surface area contributed by atoms with Crippen molar-refractivity contribution in [2.75, 3.05) is 0 Å². The summed E-state index contributed by atoms with van der Waals surface area (Å²) < 4.78 is 7.04. The molecule has 0 spiro atoms. The van der Waals surface area contributed by atoms with E-state index in [2.05, 4.69) is 15.5 Å². The molecule has 22 heavy (non-hydrogen) atoms. The SMILES string of the molecule is CCn1cnnc1CNC(=O)[C@@H]1Cc2ccccc2C(=O)O1. The zero-order valence-corrected chi connectivity index (χ0v) is 12.2. The molecule has 7 nitrogen and oxygen atoms in total. The second-order valence-electron chi connectivity index (χ2n) is 5.01. The van der Waals surface area contributed by atoms with E-state index in [-0.39, 0.29) is 12.5 Å². The summed E-state index contributed by atoms with van der Waals surface area (Å²) in [4.78, 5) is 24.1. The van der Waals surface area contributed by atoms with Gasteiger partial charge in [-0.1, -0.05) is 18.2 Å². The molecular formula is C15H16N4O3. The first-order chi connectivity index (χ1) is 10.7. The summed E-state index contributed by atoms with van der Waals surface area (Å²) in [7, 11) is 0. The fourth-order valence-electron chi connectivity index (χ4n) is 2.44. The van der Waals surface area contributed by atoms with Gasteiger partial charge in [-0.3, -0.25) is 4.79 Å². The highest BCUT2D eigenvalue weighted by Crippen LogP contribution is 2.20. The van der Waals surface area contributed by atoms with Crippen molar-refractivity contribution < 1.29 is 14.3 Å². The van der Waals surface area contributed by atoms with E-state index in [1.54, 1.807) is 18.5 Å². The lowest BCUT2D eigenvalue weighted by Gasteiger charge is -2.23. The predicted molar refractivity (Wildman–Crippen MR) is 76.9 cm³/mol. The molecule has 114 valence electrons. The zero-order valence-electron chi connectivity index (χ0n) is 12.2. The van der Waals surface area contributed by atoms with E-state index >= 15 is 0 Å². The highest BCUT2D eigenvalue weighted by Gasteiger charge is 2.30. The Morgan fingerprint density at radius 2 is 2.27 bits per heavy atom. The van der Waals surface area contributed by atoms with Crippen LogP contribution in [-0.4, -0.2) is 32.7 Å². The maximum absolute atomic E-state index is 12.2. The van der Waals surface area contributed by atoms with Crippen LogP contribution in [0.3, 0.4) is 0 Å². The smallest absolute Gasteiger partial charge is 0.339 e. The molecule has 0 bridgehead atoms. The molecule has 2 heterocycles. The fraction of sp³-hybridized carbons (Fsp3) is 0.333. The van der Waals surface area contributed by atoms with Crippen LogP contribution in [0.25, 0.3) is 0 Å². The largest absolute Gasteiger partial charge is 0.448 e. The number of benzene rings is 1. The van der Waals surface area contributed by atoms with E-state index in [0.717, 1.165) is 12.1 Å². The van der Waals surface area contributed by atoms with Gasteiger partial charge in [-0.2, -0.15) is 0 Å². The summed E-state index contributed by atoms with van der Waals surface area (Å²) in [5.41, 5.74) is 1.35. The van der Waals surface area contributed by atoms with Crippen LogP contribution >= 0.6 is 0 Å². The van der Waals surface area contributed by atoms with Gasteiger partial charge in [0.2, 0.25) is 0 Å². The number of carbonyl (C=O) groups is 2. The minimum absolute atomic E-state index is 0.252. The van der Waals surface area contributed by atoms with Crippen LogP contribution in [0, 0.1) is 0 Å². The van der Waals surface area contributed by atoms with Crippen LogP contribution in [0.4, 0.5) is 0 Å². The summed E-state index contributed by atoms with van der Waals surface area (Å²) in [5.74, 6) is -0.120. The molecule has 0 radical (unpaired) electrons. The molecule has 1 aromatic heterocycles. The molecule has 1 atom stereocenters. The zero-order chi connectivity index (χ0) is 15.5. The number of hydrogen-bond donors (Lipinski definition) is 1. The summed E-state index contributed by atoms with van der Waals surface area (Å²) in [6, 6.07) is 7.16. The first-order valence-electron chi connectivity index (χ1n) is 7.12. The number of cyclic esters (lactones) is 1. The summed E-state index contributed by atoms with van der Waals surface area (Å²) >= 11 is 0. The molecule has 2 aromatic rings. The Labute approximate surface area is 127 Å². The molecule has 0 aliphatic carbocycles. The normalized spacial score (nSPS) is 16.8. The number of amides is 1. The maximum Gasteiger partial charge on any atom is 0.339 e. The highest BCUT2D eigenvalue weighted by atomic mass is 16.5. The lowest BCUT2D eigenvalue weighted by molar-refractivity contribution is -0.130. The molecule has 0 saturated heterocycles. The third kappa shape index (κ3) is 2.69. The Hall–Kier alpha value is -2.70. The molecule has 7 heteroatoms. The molecule has 1 aromatic carbocycles. The van der Waals surface area contributed by atoms with Crippen LogP contribution in [0.15, 0.2) is 30.6 Å². The molecule has 0 unspecified atom stereocenters. The first kappa shape index (κ1) is 14.2. The Kier molecular flexibility index (Phi) is 3.86. The van der Waals surface area contributed by atoms with Crippen molar-refractivity contribution >= 4 is 11.9 Å². The molecule has 1 amide bonds. The Morgan fingerprint density at radius 3 is 3.09 bits per heavy atom. The summed E-state index contributed by atoms with van der Waals surface area (Å²) in [6.45, 7) is 2.95. The van der Waals surface area contributed by atoms with Gasteiger partial charge in [0, 0.05) is 13.0 Å². The Bertz CT molecular complexity index is 710. The van der Waals surface area contributed by atoms with Crippen LogP contribution < -0.4 is 5.32 Å². The number of esters is 1. The molecular weight excluding hydrogens is 284 g/mol. The van der Waals surface area contributed by atoms with Gasteiger partial charge >= 0.3 is 5.97 Å². The van der Waals surface area contributed by atoms with E-state index in [9.17, 15) is 9.59 Å². The third-order valence-electron chi connectivity index (χ3n) is 3.64. The minimum Gasteiger partial charge on any atom is -0.448 e. The molecule has 0 fully saturated rings. The van der Waals surface area contributed by atoms with Gasteiger partial charge in [-0.15, -0.1) is 10.2 Å². The van der Waals surface area contributed by atoms with Gasteiger partial charge in [0.05, 0.1) is 12.1 Å². The van der Waals surface area contributed by atoms with Gasteiger partial charge < -0.3 is 14.6 Å². The van der Waals surface area contributed by atoms with Crippen LogP contribution in [0.5, 0.6) is 0 Å². The van der Waals surface area contributed by atoms with Crippen molar-refractivity contribution in [2.24, 2.45) is 0 Å². The van der Waals surface area contributed by atoms with E-state index in [0.29, 0.717) is 17.8 Å². The molecule has 1 N–H and O–H groups in total. The number of nitrogens with one attached hydrogen (secondary N) is 1. The van der Waals surface area contributed by atoms with Crippen molar-refractivity contribution in [1.29, 1.82) is 0 Å². The number of ether oxygens (including phenoxy) is 1. The third-order valence-corrected chi connectivity index (χ3v) is 3.64. The quantitative estimate of drug-likeness (QED) is 0.840.